The summed E-state index contributed by atoms with van der Waals surface area (Å²) in [6.07, 6.45) is 3.35. The molecule has 0 aliphatic heterocycles. The minimum Gasteiger partial charge on any atom is -0.463 e. The number of nitrogens with zero attached hydrogens (tertiary/aromatic N) is 2. The van der Waals surface area contributed by atoms with E-state index in [4.69, 9.17) is 4.42 Å². The van der Waals surface area contributed by atoms with Gasteiger partial charge >= 0.3 is 0 Å². The molecule has 80 valence electrons. The van der Waals surface area contributed by atoms with Crippen LogP contribution >= 0.6 is 0 Å². The summed E-state index contributed by atoms with van der Waals surface area (Å²) in [6, 6.07) is 5.11. The van der Waals surface area contributed by atoms with Gasteiger partial charge in [-0.15, -0.1) is 0 Å². The molecule has 0 atom stereocenters. The van der Waals surface area contributed by atoms with E-state index in [-0.39, 0.29) is 5.43 Å². The first kappa shape index (κ1) is 9.15. The van der Waals surface area contributed by atoms with Crippen LogP contribution in [0.1, 0.15) is 6.92 Å². The molecule has 3 heterocycles. The molecule has 0 N–H and O–H groups in total. The lowest BCUT2D eigenvalue weighted by molar-refractivity contribution is 0.616. The van der Waals surface area contributed by atoms with Gasteiger partial charge in [0.2, 0.25) is 0 Å². The van der Waals surface area contributed by atoms with E-state index in [1.165, 1.54) is 0 Å². The Kier molecular flexibility index (Phi) is 1.83. The van der Waals surface area contributed by atoms with Crippen molar-refractivity contribution in [2.45, 2.75) is 13.5 Å². The summed E-state index contributed by atoms with van der Waals surface area (Å²) < 4.78 is 7.19. The molecular weight excluding hydrogens is 204 g/mol. The van der Waals surface area contributed by atoms with Gasteiger partial charge in [-0.25, -0.2) is 4.98 Å². The van der Waals surface area contributed by atoms with Crippen LogP contribution in [0.5, 0.6) is 0 Å². The van der Waals surface area contributed by atoms with E-state index >= 15 is 0 Å². The minimum absolute atomic E-state index is 0.0227. The summed E-state index contributed by atoms with van der Waals surface area (Å²) in [5, 5.41) is 0.604. The van der Waals surface area contributed by atoms with Crippen LogP contribution in [0.2, 0.25) is 0 Å². The average molecular weight is 214 g/mol. The topological polar surface area (TPSA) is 48.0 Å². The normalized spacial score (nSPS) is 11.3. The van der Waals surface area contributed by atoms with E-state index in [1.807, 2.05) is 11.5 Å². The van der Waals surface area contributed by atoms with Gasteiger partial charge in [0.15, 0.2) is 11.0 Å². The number of rotatable bonds is 1. The van der Waals surface area contributed by atoms with Crippen molar-refractivity contribution >= 4 is 22.1 Å². The molecule has 0 aliphatic carbocycles. The SMILES string of the molecule is CCn1ccc(=O)c2cc3occc3nc21. The summed E-state index contributed by atoms with van der Waals surface area (Å²) >= 11 is 0. The fraction of sp³-hybridized carbons (Fsp3) is 0.167. The number of aryl methyl sites for hydroxylation is 1. The van der Waals surface area contributed by atoms with E-state index in [9.17, 15) is 4.79 Å². The van der Waals surface area contributed by atoms with Crippen molar-refractivity contribution in [3.63, 3.8) is 0 Å². The largest absolute Gasteiger partial charge is 0.463 e. The van der Waals surface area contributed by atoms with Gasteiger partial charge < -0.3 is 8.98 Å². The third-order valence-electron chi connectivity index (χ3n) is 2.70. The van der Waals surface area contributed by atoms with Crippen LogP contribution in [0.3, 0.4) is 0 Å². The standard InChI is InChI=1S/C12H10N2O2/c1-2-14-5-3-10(15)8-7-11-9(4-6-16-11)13-12(8)14/h3-7H,2H2,1H3. The monoisotopic (exact) mass is 214 g/mol. The predicted octanol–water partition coefficient (Wildman–Crippen LogP) is 2.16. The van der Waals surface area contributed by atoms with Crippen molar-refractivity contribution in [1.82, 2.24) is 9.55 Å². The second kappa shape index (κ2) is 3.20. The van der Waals surface area contributed by atoms with Gasteiger partial charge in [0.05, 0.1) is 11.6 Å². The van der Waals surface area contributed by atoms with Crippen LogP contribution in [-0.2, 0) is 6.54 Å². The van der Waals surface area contributed by atoms with Gasteiger partial charge in [0, 0.05) is 24.9 Å². The zero-order chi connectivity index (χ0) is 11.1. The Labute approximate surface area is 91.1 Å². The highest BCUT2D eigenvalue weighted by atomic mass is 16.3. The molecular formula is C12H10N2O2. The summed E-state index contributed by atoms with van der Waals surface area (Å²) in [5.74, 6) is 0. The van der Waals surface area contributed by atoms with Crippen LogP contribution in [-0.4, -0.2) is 9.55 Å². The lowest BCUT2D eigenvalue weighted by atomic mass is 10.2. The van der Waals surface area contributed by atoms with Gasteiger partial charge in [0.1, 0.15) is 11.2 Å². The van der Waals surface area contributed by atoms with Crippen molar-refractivity contribution in [1.29, 1.82) is 0 Å². The maximum absolute atomic E-state index is 11.7. The van der Waals surface area contributed by atoms with E-state index in [0.29, 0.717) is 16.6 Å². The molecule has 4 heteroatoms. The fourth-order valence-electron chi connectivity index (χ4n) is 1.86. The van der Waals surface area contributed by atoms with Crippen LogP contribution in [0, 0.1) is 0 Å². The number of hydrogen-bond donors (Lipinski definition) is 0. The Morgan fingerprint density at radius 3 is 3.12 bits per heavy atom. The zero-order valence-corrected chi connectivity index (χ0v) is 8.80. The van der Waals surface area contributed by atoms with E-state index in [2.05, 4.69) is 4.98 Å². The molecule has 4 nitrogen and oxygen atoms in total. The van der Waals surface area contributed by atoms with Crippen LogP contribution in [0.15, 0.2) is 39.9 Å². The van der Waals surface area contributed by atoms with Crippen molar-refractivity contribution < 1.29 is 4.42 Å². The first-order valence-electron chi connectivity index (χ1n) is 5.17. The number of aromatic nitrogens is 2. The van der Waals surface area contributed by atoms with Gasteiger partial charge in [-0.3, -0.25) is 4.79 Å². The van der Waals surface area contributed by atoms with Crippen LogP contribution < -0.4 is 5.43 Å². The molecule has 0 unspecified atom stereocenters. The highest BCUT2D eigenvalue weighted by Crippen LogP contribution is 2.17. The molecule has 0 fully saturated rings. The Bertz CT molecular complexity index is 725. The molecule has 0 aliphatic rings. The zero-order valence-electron chi connectivity index (χ0n) is 8.80. The molecule has 3 aromatic heterocycles. The summed E-state index contributed by atoms with van der Waals surface area (Å²) in [6.45, 7) is 2.80. The fourth-order valence-corrected chi connectivity index (χ4v) is 1.86. The Hall–Kier alpha value is -2.10. The van der Waals surface area contributed by atoms with Gasteiger partial charge in [0.25, 0.3) is 0 Å². The van der Waals surface area contributed by atoms with Gasteiger partial charge in [-0.2, -0.15) is 0 Å². The molecule has 0 spiro atoms. The maximum Gasteiger partial charge on any atom is 0.191 e. The molecule has 3 rings (SSSR count). The first-order valence-corrected chi connectivity index (χ1v) is 5.17. The smallest absolute Gasteiger partial charge is 0.191 e. The highest BCUT2D eigenvalue weighted by Gasteiger charge is 2.07. The highest BCUT2D eigenvalue weighted by molar-refractivity contribution is 5.87. The molecule has 0 saturated heterocycles. The number of furan rings is 1. The first-order chi connectivity index (χ1) is 7.79. The lowest BCUT2D eigenvalue weighted by Gasteiger charge is -2.06. The average Bonchev–Trinajstić information content (AvgIpc) is 2.75. The van der Waals surface area contributed by atoms with E-state index < -0.39 is 0 Å². The third kappa shape index (κ3) is 1.16. The second-order valence-corrected chi connectivity index (χ2v) is 3.63. The number of pyridine rings is 2. The predicted molar refractivity (Wildman–Crippen MR) is 61.4 cm³/mol. The van der Waals surface area contributed by atoms with Crippen molar-refractivity contribution in [2.75, 3.05) is 0 Å². The third-order valence-corrected chi connectivity index (χ3v) is 2.70. The molecule has 0 saturated carbocycles. The summed E-state index contributed by atoms with van der Waals surface area (Å²) in [5.41, 5.74) is 2.12. The second-order valence-electron chi connectivity index (χ2n) is 3.63. The summed E-state index contributed by atoms with van der Waals surface area (Å²) in [4.78, 5) is 16.2. The van der Waals surface area contributed by atoms with Crippen molar-refractivity contribution in [3.05, 3.63) is 40.9 Å². The van der Waals surface area contributed by atoms with Crippen LogP contribution in [0.4, 0.5) is 0 Å². The maximum atomic E-state index is 11.7. The quantitative estimate of drug-likeness (QED) is 0.623. The Morgan fingerprint density at radius 2 is 2.31 bits per heavy atom. The molecule has 0 aromatic carbocycles. The van der Waals surface area contributed by atoms with Gasteiger partial charge in [-0.1, -0.05) is 0 Å². The number of fused-ring (bicyclic) bond motifs is 2. The van der Waals surface area contributed by atoms with E-state index in [0.717, 1.165) is 12.1 Å². The van der Waals surface area contributed by atoms with Crippen LogP contribution in [0.25, 0.3) is 22.1 Å². The van der Waals surface area contributed by atoms with Crippen molar-refractivity contribution in [2.24, 2.45) is 0 Å². The minimum atomic E-state index is -0.0227. The molecule has 3 aromatic rings. The summed E-state index contributed by atoms with van der Waals surface area (Å²) in [7, 11) is 0. The number of hydrogen-bond acceptors (Lipinski definition) is 3. The lowest BCUT2D eigenvalue weighted by Crippen LogP contribution is -2.08. The Morgan fingerprint density at radius 1 is 1.44 bits per heavy atom. The van der Waals surface area contributed by atoms with Gasteiger partial charge in [-0.05, 0) is 13.0 Å². The van der Waals surface area contributed by atoms with E-state index in [1.54, 1.807) is 30.7 Å². The molecule has 0 bridgehead atoms. The molecule has 16 heavy (non-hydrogen) atoms. The molecule has 0 radical (unpaired) electrons. The van der Waals surface area contributed by atoms with Crippen molar-refractivity contribution in [3.8, 4) is 0 Å². The Balaban J connectivity index is 2.57. The molecule has 0 amide bonds.